The van der Waals surface area contributed by atoms with Gasteiger partial charge in [-0.15, -0.1) is 0 Å². The zero-order valence-corrected chi connectivity index (χ0v) is 15.3. The number of rotatable bonds is 5. The topological polar surface area (TPSA) is 66.9 Å². The summed E-state index contributed by atoms with van der Waals surface area (Å²) in [4.78, 5) is 14.1. The van der Waals surface area contributed by atoms with Gasteiger partial charge in [-0.25, -0.2) is 8.42 Å². The molecule has 138 valence electrons. The number of hydrogen-bond acceptors (Lipinski definition) is 4. The van der Waals surface area contributed by atoms with Crippen LogP contribution in [-0.2, 0) is 14.8 Å². The van der Waals surface area contributed by atoms with Gasteiger partial charge in [0.15, 0.2) is 6.61 Å². The molecule has 0 aromatic heterocycles. The first kappa shape index (κ1) is 17.3. The summed E-state index contributed by atoms with van der Waals surface area (Å²) < 4.78 is 31.7. The molecule has 6 nitrogen and oxygen atoms in total. The number of nitrogens with zero attached hydrogens (tertiary/aromatic N) is 2. The molecule has 0 radical (unpaired) electrons. The third-order valence-electron chi connectivity index (χ3n) is 4.98. The van der Waals surface area contributed by atoms with Crippen molar-refractivity contribution < 1.29 is 17.9 Å². The lowest BCUT2D eigenvalue weighted by molar-refractivity contribution is -0.134. The van der Waals surface area contributed by atoms with Crippen LogP contribution in [0.25, 0.3) is 10.8 Å². The molecule has 0 unspecified atom stereocenters. The number of fused-ring (bicyclic) bond motifs is 1. The fourth-order valence-electron chi connectivity index (χ4n) is 3.26. The van der Waals surface area contributed by atoms with Gasteiger partial charge in [0.1, 0.15) is 5.75 Å². The van der Waals surface area contributed by atoms with Gasteiger partial charge >= 0.3 is 0 Å². The molecule has 0 atom stereocenters. The monoisotopic (exact) mass is 374 g/mol. The summed E-state index contributed by atoms with van der Waals surface area (Å²) in [6.07, 6.45) is 1.53. The molecule has 26 heavy (non-hydrogen) atoms. The van der Waals surface area contributed by atoms with Crippen LogP contribution in [0.2, 0.25) is 0 Å². The minimum Gasteiger partial charge on any atom is -0.484 e. The van der Waals surface area contributed by atoms with Crippen molar-refractivity contribution in [2.75, 3.05) is 32.8 Å². The Bertz CT molecular complexity index is 916. The number of carbonyl (C=O) groups excluding carboxylic acids is 1. The van der Waals surface area contributed by atoms with Gasteiger partial charge in [-0.05, 0) is 35.7 Å². The molecule has 2 aromatic carbocycles. The Morgan fingerprint density at radius 3 is 2.38 bits per heavy atom. The van der Waals surface area contributed by atoms with Crippen LogP contribution in [0.5, 0.6) is 5.75 Å². The Labute approximate surface area is 153 Å². The van der Waals surface area contributed by atoms with Crippen LogP contribution in [0.15, 0.2) is 42.5 Å². The third kappa shape index (κ3) is 3.54. The summed E-state index contributed by atoms with van der Waals surface area (Å²) >= 11 is 0. The Morgan fingerprint density at radius 2 is 1.69 bits per heavy atom. The predicted molar refractivity (Wildman–Crippen MR) is 99.5 cm³/mol. The van der Waals surface area contributed by atoms with Gasteiger partial charge in [-0.1, -0.05) is 30.3 Å². The summed E-state index contributed by atoms with van der Waals surface area (Å²) in [7, 11) is -3.15. The number of benzene rings is 2. The summed E-state index contributed by atoms with van der Waals surface area (Å²) in [6.45, 7) is 1.56. The first-order valence-electron chi connectivity index (χ1n) is 8.92. The van der Waals surface area contributed by atoms with Gasteiger partial charge in [0, 0.05) is 26.2 Å². The maximum Gasteiger partial charge on any atom is 0.260 e. The average Bonchev–Trinajstić information content (AvgIpc) is 3.52. The molecule has 2 aromatic rings. The quantitative estimate of drug-likeness (QED) is 0.801. The molecule has 1 aliphatic carbocycles. The summed E-state index contributed by atoms with van der Waals surface area (Å²) in [6, 6.07) is 13.7. The zero-order chi connectivity index (χ0) is 18.1. The second-order valence-electron chi connectivity index (χ2n) is 6.82. The van der Waals surface area contributed by atoms with E-state index in [0.29, 0.717) is 31.9 Å². The van der Waals surface area contributed by atoms with Gasteiger partial charge in [0.05, 0.1) is 5.25 Å². The molecule has 2 fully saturated rings. The largest absolute Gasteiger partial charge is 0.484 e. The van der Waals surface area contributed by atoms with E-state index < -0.39 is 10.0 Å². The van der Waals surface area contributed by atoms with Crippen molar-refractivity contribution in [3.05, 3.63) is 42.5 Å². The van der Waals surface area contributed by atoms with Crippen LogP contribution >= 0.6 is 0 Å². The second kappa shape index (κ2) is 6.89. The fourth-order valence-corrected chi connectivity index (χ4v) is 5.09. The van der Waals surface area contributed by atoms with Gasteiger partial charge in [-0.2, -0.15) is 4.31 Å². The lowest BCUT2D eigenvalue weighted by Gasteiger charge is -2.34. The Hall–Kier alpha value is -2.12. The normalized spacial score (nSPS) is 18.8. The highest BCUT2D eigenvalue weighted by molar-refractivity contribution is 7.90. The molecule has 0 bridgehead atoms. The van der Waals surface area contributed by atoms with E-state index in [9.17, 15) is 13.2 Å². The molecule has 0 N–H and O–H groups in total. The second-order valence-corrected chi connectivity index (χ2v) is 9.03. The van der Waals surface area contributed by atoms with E-state index in [2.05, 4.69) is 0 Å². The van der Waals surface area contributed by atoms with E-state index in [0.717, 1.165) is 23.6 Å². The van der Waals surface area contributed by atoms with E-state index in [1.165, 1.54) is 4.31 Å². The van der Waals surface area contributed by atoms with Crippen molar-refractivity contribution in [2.45, 2.75) is 18.1 Å². The van der Waals surface area contributed by atoms with E-state index in [1.807, 2.05) is 42.5 Å². The Morgan fingerprint density at radius 1 is 1.00 bits per heavy atom. The highest BCUT2D eigenvalue weighted by atomic mass is 32.2. The van der Waals surface area contributed by atoms with Gasteiger partial charge in [-0.3, -0.25) is 4.79 Å². The molecule has 1 heterocycles. The molecular formula is C19H22N2O4S. The standard InChI is InChI=1S/C19H22N2O4S/c22-19(14-25-17-6-5-15-3-1-2-4-16(15)13-17)20-9-11-21(12-10-20)26(23,24)18-7-8-18/h1-6,13,18H,7-12,14H2. The van der Waals surface area contributed by atoms with E-state index in [1.54, 1.807) is 4.90 Å². The number of carbonyl (C=O) groups is 1. The molecule has 4 rings (SSSR count). The smallest absolute Gasteiger partial charge is 0.260 e. The minimum absolute atomic E-state index is 0.0340. The van der Waals surface area contributed by atoms with Crippen molar-refractivity contribution in [3.8, 4) is 5.75 Å². The summed E-state index contributed by atoms with van der Waals surface area (Å²) in [5.74, 6) is 0.550. The molecule has 1 aliphatic heterocycles. The van der Waals surface area contributed by atoms with Crippen LogP contribution in [0.3, 0.4) is 0 Å². The van der Waals surface area contributed by atoms with Crippen LogP contribution in [0.1, 0.15) is 12.8 Å². The van der Waals surface area contributed by atoms with Crippen LogP contribution in [0, 0.1) is 0 Å². The first-order chi connectivity index (χ1) is 12.5. The van der Waals surface area contributed by atoms with Crippen LogP contribution < -0.4 is 4.74 Å². The molecule has 1 amide bonds. The number of amides is 1. The molecule has 1 saturated carbocycles. The predicted octanol–water partition coefficient (Wildman–Crippen LogP) is 1.85. The van der Waals surface area contributed by atoms with Crippen LogP contribution in [-0.4, -0.2) is 61.6 Å². The lowest BCUT2D eigenvalue weighted by atomic mass is 10.1. The molecule has 1 saturated heterocycles. The number of hydrogen-bond donors (Lipinski definition) is 0. The Kier molecular flexibility index (Phi) is 4.58. The van der Waals surface area contributed by atoms with E-state index in [-0.39, 0.29) is 17.8 Å². The van der Waals surface area contributed by atoms with Crippen LogP contribution in [0.4, 0.5) is 0 Å². The van der Waals surface area contributed by atoms with E-state index in [4.69, 9.17) is 4.74 Å². The van der Waals surface area contributed by atoms with Crippen molar-refractivity contribution in [3.63, 3.8) is 0 Å². The summed E-state index contributed by atoms with van der Waals surface area (Å²) in [5, 5.41) is 2.00. The van der Waals surface area contributed by atoms with Gasteiger partial charge in [0.25, 0.3) is 5.91 Å². The molecular weight excluding hydrogens is 352 g/mol. The minimum atomic E-state index is -3.15. The van der Waals surface area contributed by atoms with Crippen molar-refractivity contribution in [2.24, 2.45) is 0 Å². The number of ether oxygens (including phenoxy) is 1. The maximum absolute atomic E-state index is 12.4. The van der Waals surface area contributed by atoms with Crippen molar-refractivity contribution >= 4 is 26.7 Å². The van der Waals surface area contributed by atoms with Crippen molar-refractivity contribution in [1.82, 2.24) is 9.21 Å². The maximum atomic E-state index is 12.4. The molecule has 0 spiro atoms. The molecule has 2 aliphatic rings. The third-order valence-corrected chi connectivity index (χ3v) is 7.38. The Balaban J connectivity index is 1.31. The first-order valence-corrected chi connectivity index (χ1v) is 10.4. The lowest BCUT2D eigenvalue weighted by Crippen LogP contribution is -2.52. The van der Waals surface area contributed by atoms with Gasteiger partial charge < -0.3 is 9.64 Å². The highest BCUT2D eigenvalue weighted by Crippen LogP contribution is 2.31. The zero-order valence-electron chi connectivity index (χ0n) is 14.5. The van der Waals surface area contributed by atoms with Gasteiger partial charge in [0.2, 0.25) is 10.0 Å². The van der Waals surface area contributed by atoms with Crippen molar-refractivity contribution in [1.29, 1.82) is 0 Å². The summed E-state index contributed by atoms with van der Waals surface area (Å²) in [5.41, 5.74) is 0. The average molecular weight is 374 g/mol. The number of piperazine rings is 1. The number of sulfonamides is 1. The molecule has 7 heteroatoms. The SMILES string of the molecule is O=C(COc1ccc2ccccc2c1)N1CCN(S(=O)(=O)C2CC2)CC1. The van der Waals surface area contributed by atoms with E-state index >= 15 is 0 Å². The highest BCUT2D eigenvalue weighted by Gasteiger charge is 2.41. The fraction of sp³-hybridized carbons (Fsp3) is 0.421.